The van der Waals surface area contributed by atoms with Crippen LogP contribution in [-0.4, -0.2) is 13.7 Å². The van der Waals surface area contributed by atoms with Gasteiger partial charge in [0, 0.05) is 5.02 Å². The molecule has 0 spiro atoms. The number of nitrogens with two attached hydrogens (primary N) is 1. The van der Waals surface area contributed by atoms with Crippen molar-refractivity contribution in [3.63, 3.8) is 0 Å². The maximum atomic E-state index is 12.3. The number of nitrogen functional groups attached to an aromatic ring is 1. The summed E-state index contributed by atoms with van der Waals surface area (Å²) >= 11 is 5.81. The topological polar surface area (TPSA) is 60.2 Å². The van der Waals surface area contributed by atoms with Crippen LogP contribution in [0.3, 0.4) is 0 Å². The van der Waals surface area contributed by atoms with E-state index >= 15 is 0 Å². The first kappa shape index (κ1) is 11.7. The number of sulfone groups is 1. The molecule has 1 fully saturated rings. The SMILES string of the molecule is Nc1ccc(Cl)cc1S(=O)(=O)C1CCCC1. The van der Waals surface area contributed by atoms with Crippen LogP contribution >= 0.6 is 11.6 Å². The van der Waals surface area contributed by atoms with Crippen molar-refractivity contribution >= 4 is 27.1 Å². The van der Waals surface area contributed by atoms with E-state index in [4.69, 9.17) is 17.3 Å². The highest BCUT2D eigenvalue weighted by Gasteiger charge is 2.31. The van der Waals surface area contributed by atoms with Crippen LogP contribution in [0.15, 0.2) is 23.1 Å². The molecule has 0 bridgehead atoms. The molecule has 1 aromatic carbocycles. The van der Waals surface area contributed by atoms with Gasteiger partial charge >= 0.3 is 0 Å². The lowest BCUT2D eigenvalue weighted by molar-refractivity contribution is 0.580. The smallest absolute Gasteiger partial charge is 0.183 e. The van der Waals surface area contributed by atoms with E-state index in [1.165, 1.54) is 6.07 Å². The molecule has 0 atom stereocenters. The van der Waals surface area contributed by atoms with Crippen molar-refractivity contribution in [2.24, 2.45) is 0 Å². The van der Waals surface area contributed by atoms with Crippen LogP contribution in [0.25, 0.3) is 0 Å². The first-order valence-electron chi connectivity index (χ1n) is 5.31. The van der Waals surface area contributed by atoms with Crippen molar-refractivity contribution in [2.75, 3.05) is 5.73 Å². The molecule has 1 saturated carbocycles. The Hall–Kier alpha value is -0.740. The molecular formula is C11H14ClNO2S. The fourth-order valence-corrected chi connectivity index (χ4v) is 4.37. The van der Waals surface area contributed by atoms with Crippen molar-refractivity contribution in [1.82, 2.24) is 0 Å². The Morgan fingerprint density at radius 2 is 1.88 bits per heavy atom. The van der Waals surface area contributed by atoms with E-state index in [9.17, 15) is 8.42 Å². The largest absolute Gasteiger partial charge is 0.398 e. The number of anilines is 1. The van der Waals surface area contributed by atoms with Gasteiger partial charge in [-0.15, -0.1) is 0 Å². The van der Waals surface area contributed by atoms with E-state index in [0.717, 1.165) is 25.7 Å². The van der Waals surface area contributed by atoms with Gasteiger partial charge in [0.05, 0.1) is 15.8 Å². The van der Waals surface area contributed by atoms with Crippen LogP contribution in [-0.2, 0) is 9.84 Å². The van der Waals surface area contributed by atoms with E-state index < -0.39 is 9.84 Å². The standard InChI is InChI=1S/C11H14ClNO2S/c12-8-5-6-10(13)11(7-8)16(14,15)9-3-1-2-4-9/h5-7,9H,1-4,13H2. The molecule has 0 radical (unpaired) electrons. The summed E-state index contributed by atoms with van der Waals surface area (Å²) in [5, 5.41) is 0.124. The number of benzene rings is 1. The normalized spacial score (nSPS) is 17.8. The Morgan fingerprint density at radius 3 is 2.50 bits per heavy atom. The summed E-state index contributed by atoms with van der Waals surface area (Å²) in [5.41, 5.74) is 5.99. The summed E-state index contributed by atoms with van der Waals surface area (Å²) in [6, 6.07) is 4.60. The van der Waals surface area contributed by atoms with E-state index in [0.29, 0.717) is 5.02 Å². The third-order valence-electron chi connectivity index (χ3n) is 3.02. The lowest BCUT2D eigenvalue weighted by Crippen LogP contribution is -2.19. The van der Waals surface area contributed by atoms with E-state index in [1.54, 1.807) is 12.1 Å². The molecule has 0 saturated heterocycles. The van der Waals surface area contributed by atoms with Crippen molar-refractivity contribution < 1.29 is 8.42 Å². The highest BCUT2D eigenvalue weighted by Crippen LogP contribution is 2.33. The number of hydrogen-bond acceptors (Lipinski definition) is 3. The van der Waals surface area contributed by atoms with Crippen LogP contribution in [0.1, 0.15) is 25.7 Å². The second-order valence-corrected chi connectivity index (χ2v) is 6.77. The van der Waals surface area contributed by atoms with Gasteiger partial charge in [-0.3, -0.25) is 0 Å². The number of hydrogen-bond donors (Lipinski definition) is 1. The summed E-state index contributed by atoms with van der Waals surface area (Å²) in [7, 11) is -3.30. The average Bonchev–Trinajstić information content (AvgIpc) is 2.75. The van der Waals surface area contributed by atoms with E-state index in [-0.39, 0.29) is 15.8 Å². The average molecular weight is 260 g/mol. The van der Waals surface area contributed by atoms with Crippen molar-refractivity contribution in [3.8, 4) is 0 Å². The third kappa shape index (κ3) is 2.04. The molecule has 0 aliphatic heterocycles. The van der Waals surface area contributed by atoms with Gasteiger partial charge < -0.3 is 5.73 Å². The molecule has 1 aromatic rings. The lowest BCUT2D eigenvalue weighted by atomic mass is 10.3. The molecule has 0 amide bonds. The van der Waals surface area contributed by atoms with Crippen LogP contribution in [0.4, 0.5) is 5.69 Å². The monoisotopic (exact) mass is 259 g/mol. The molecule has 16 heavy (non-hydrogen) atoms. The number of halogens is 1. The van der Waals surface area contributed by atoms with Crippen molar-refractivity contribution in [1.29, 1.82) is 0 Å². The Labute approximate surface area is 101 Å². The first-order chi connectivity index (χ1) is 7.51. The highest BCUT2D eigenvalue weighted by molar-refractivity contribution is 7.92. The van der Waals surface area contributed by atoms with Crippen LogP contribution in [0.5, 0.6) is 0 Å². The third-order valence-corrected chi connectivity index (χ3v) is 5.57. The number of rotatable bonds is 2. The van der Waals surface area contributed by atoms with Gasteiger partial charge in [0.1, 0.15) is 0 Å². The zero-order valence-corrected chi connectivity index (χ0v) is 10.4. The van der Waals surface area contributed by atoms with Gasteiger partial charge in [-0.25, -0.2) is 8.42 Å². The van der Waals surface area contributed by atoms with Gasteiger partial charge in [-0.1, -0.05) is 24.4 Å². The molecule has 88 valence electrons. The Balaban J connectivity index is 2.46. The van der Waals surface area contributed by atoms with Gasteiger partial charge in [-0.2, -0.15) is 0 Å². The minimum Gasteiger partial charge on any atom is -0.398 e. The van der Waals surface area contributed by atoms with Gasteiger partial charge in [-0.05, 0) is 31.0 Å². The second kappa shape index (κ2) is 4.26. The first-order valence-corrected chi connectivity index (χ1v) is 7.23. The summed E-state index contributed by atoms with van der Waals surface area (Å²) in [6.07, 6.45) is 3.41. The molecule has 0 heterocycles. The fraction of sp³-hybridized carbons (Fsp3) is 0.455. The van der Waals surface area contributed by atoms with Gasteiger partial charge in [0.25, 0.3) is 0 Å². The van der Waals surface area contributed by atoms with E-state index in [2.05, 4.69) is 0 Å². The molecular weight excluding hydrogens is 246 g/mol. The molecule has 1 aliphatic carbocycles. The molecule has 5 heteroatoms. The second-order valence-electron chi connectivity index (χ2n) is 4.13. The Kier molecular flexibility index (Phi) is 3.13. The van der Waals surface area contributed by atoms with Crippen molar-refractivity contribution in [3.05, 3.63) is 23.2 Å². The Morgan fingerprint density at radius 1 is 1.25 bits per heavy atom. The highest BCUT2D eigenvalue weighted by atomic mass is 35.5. The summed E-state index contributed by atoms with van der Waals surface area (Å²) in [5.74, 6) is 0. The molecule has 2 N–H and O–H groups in total. The zero-order chi connectivity index (χ0) is 11.8. The Bertz CT molecular complexity index is 493. The predicted octanol–water partition coefficient (Wildman–Crippen LogP) is 2.64. The molecule has 0 unspecified atom stereocenters. The summed E-state index contributed by atoms with van der Waals surface area (Å²) in [4.78, 5) is 0.187. The maximum absolute atomic E-state index is 12.3. The van der Waals surface area contributed by atoms with Gasteiger partial charge in [0.2, 0.25) is 0 Å². The van der Waals surface area contributed by atoms with Gasteiger partial charge in [0.15, 0.2) is 9.84 Å². The molecule has 1 aliphatic rings. The van der Waals surface area contributed by atoms with Crippen LogP contribution in [0, 0.1) is 0 Å². The zero-order valence-electron chi connectivity index (χ0n) is 8.82. The predicted molar refractivity (Wildman–Crippen MR) is 65.3 cm³/mol. The minimum atomic E-state index is -3.30. The molecule has 2 rings (SSSR count). The quantitative estimate of drug-likeness (QED) is 0.831. The lowest BCUT2D eigenvalue weighted by Gasteiger charge is -2.13. The summed E-state index contributed by atoms with van der Waals surface area (Å²) in [6.45, 7) is 0. The van der Waals surface area contributed by atoms with Crippen LogP contribution in [0.2, 0.25) is 5.02 Å². The maximum Gasteiger partial charge on any atom is 0.183 e. The van der Waals surface area contributed by atoms with Crippen molar-refractivity contribution in [2.45, 2.75) is 35.8 Å². The molecule has 3 nitrogen and oxygen atoms in total. The van der Waals surface area contributed by atoms with Crippen LogP contribution < -0.4 is 5.73 Å². The summed E-state index contributed by atoms with van der Waals surface area (Å²) < 4.78 is 24.5. The van der Waals surface area contributed by atoms with E-state index in [1.807, 2.05) is 0 Å². The fourth-order valence-electron chi connectivity index (χ4n) is 2.13. The minimum absolute atomic E-state index is 0.187. The molecule has 0 aromatic heterocycles.